The van der Waals surface area contributed by atoms with Crippen molar-refractivity contribution in [3.05, 3.63) is 59.1 Å². The lowest BCUT2D eigenvalue weighted by molar-refractivity contribution is 0.250. The quantitative estimate of drug-likeness (QED) is 0.883. The predicted molar refractivity (Wildman–Crippen MR) is 89.8 cm³/mol. The molecule has 2 N–H and O–H groups in total. The van der Waals surface area contributed by atoms with Gasteiger partial charge >= 0.3 is 0 Å². The van der Waals surface area contributed by atoms with Gasteiger partial charge in [-0.3, -0.25) is 4.90 Å². The third-order valence-electron chi connectivity index (χ3n) is 3.88. The Labute approximate surface area is 130 Å². The van der Waals surface area contributed by atoms with E-state index in [1.807, 2.05) is 12.1 Å². The first kappa shape index (κ1) is 14.2. The van der Waals surface area contributed by atoms with Crippen LogP contribution in [0.4, 0.5) is 11.4 Å². The number of para-hydroxylation sites is 1. The molecule has 110 valence electrons. The molecular weight excluding hydrogens is 282 g/mol. The van der Waals surface area contributed by atoms with E-state index in [4.69, 9.17) is 17.3 Å². The fourth-order valence-corrected chi connectivity index (χ4v) is 3.09. The van der Waals surface area contributed by atoms with Crippen molar-refractivity contribution in [3.63, 3.8) is 0 Å². The molecule has 3 nitrogen and oxygen atoms in total. The molecule has 3 rings (SSSR count). The molecule has 0 bridgehead atoms. The summed E-state index contributed by atoms with van der Waals surface area (Å²) in [6.07, 6.45) is 0. The molecule has 0 aliphatic carbocycles. The summed E-state index contributed by atoms with van der Waals surface area (Å²) in [7, 11) is 0. The number of halogens is 1. The third-order valence-corrected chi connectivity index (χ3v) is 4.10. The number of benzene rings is 2. The summed E-state index contributed by atoms with van der Waals surface area (Å²) in [6.45, 7) is 5.14. The zero-order chi connectivity index (χ0) is 14.7. The second kappa shape index (κ2) is 6.37. The molecule has 0 amide bonds. The van der Waals surface area contributed by atoms with Crippen molar-refractivity contribution in [2.45, 2.75) is 6.54 Å². The lowest BCUT2D eigenvalue weighted by Crippen LogP contribution is -2.45. The number of piperazine rings is 1. The van der Waals surface area contributed by atoms with Gasteiger partial charge < -0.3 is 10.6 Å². The van der Waals surface area contributed by atoms with Crippen LogP contribution >= 0.6 is 11.6 Å². The van der Waals surface area contributed by atoms with E-state index >= 15 is 0 Å². The first-order chi connectivity index (χ1) is 10.2. The van der Waals surface area contributed by atoms with Gasteiger partial charge in [0.25, 0.3) is 0 Å². The highest BCUT2D eigenvalue weighted by atomic mass is 35.5. The van der Waals surface area contributed by atoms with Crippen LogP contribution in [-0.4, -0.2) is 31.1 Å². The summed E-state index contributed by atoms with van der Waals surface area (Å²) in [5.41, 5.74) is 9.09. The van der Waals surface area contributed by atoms with Crippen molar-refractivity contribution in [3.8, 4) is 0 Å². The Kier molecular flexibility index (Phi) is 4.32. The first-order valence-electron chi connectivity index (χ1n) is 7.28. The van der Waals surface area contributed by atoms with E-state index in [0.717, 1.165) is 38.4 Å². The molecule has 1 aliphatic heterocycles. The molecule has 21 heavy (non-hydrogen) atoms. The smallest absolute Gasteiger partial charge is 0.0429 e. The standard InChI is InChI=1S/C17H20ClN3/c18-15-10-14(11-16(19)12-15)13-20-6-8-21(9-7-20)17-4-2-1-3-5-17/h1-5,10-12H,6-9,13,19H2. The van der Waals surface area contributed by atoms with Crippen molar-refractivity contribution in [1.29, 1.82) is 0 Å². The zero-order valence-corrected chi connectivity index (χ0v) is 12.8. The van der Waals surface area contributed by atoms with Crippen molar-refractivity contribution in [2.24, 2.45) is 0 Å². The predicted octanol–water partition coefficient (Wildman–Crippen LogP) is 3.24. The summed E-state index contributed by atoms with van der Waals surface area (Å²) >= 11 is 6.06. The molecule has 1 saturated heterocycles. The van der Waals surface area contributed by atoms with Crippen molar-refractivity contribution in [1.82, 2.24) is 4.90 Å². The minimum absolute atomic E-state index is 0.716. The van der Waals surface area contributed by atoms with Crippen molar-refractivity contribution in [2.75, 3.05) is 36.8 Å². The van der Waals surface area contributed by atoms with Gasteiger partial charge in [-0.05, 0) is 35.9 Å². The van der Waals surface area contributed by atoms with Crippen LogP contribution in [0.5, 0.6) is 0 Å². The summed E-state index contributed by atoms with van der Waals surface area (Å²) < 4.78 is 0. The van der Waals surface area contributed by atoms with E-state index in [2.05, 4.69) is 40.1 Å². The van der Waals surface area contributed by atoms with E-state index < -0.39 is 0 Å². The Hall–Kier alpha value is -1.71. The zero-order valence-electron chi connectivity index (χ0n) is 12.0. The maximum atomic E-state index is 6.06. The molecule has 0 aromatic heterocycles. The van der Waals surface area contributed by atoms with Crippen LogP contribution in [0, 0.1) is 0 Å². The van der Waals surface area contributed by atoms with E-state index in [1.165, 1.54) is 11.3 Å². The number of nitrogens with zero attached hydrogens (tertiary/aromatic N) is 2. The molecule has 2 aromatic rings. The van der Waals surface area contributed by atoms with Gasteiger partial charge in [0.1, 0.15) is 0 Å². The highest BCUT2D eigenvalue weighted by molar-refractivity contribution is 6.30. The number of anilines is 2. The number of nitrogen functional groups attached to an aromatic ring is 1. The monoisotopic (exact) mass is 301 g/mol. The molecule has 2 aromatic carbocycles. The second-order valence-electron chi connectivity index (χ2n) is 5.49. The molecular formula is C17H20ClN3. The second-order valence-corrected chi connectivity index (χ2v) is 5.93. The molecule has 0 spiro atoms. The fourth-order valence-electron chi connectivity index (χ4n) is 2.83. The number of nitrogens with two attached hydrogens (primary N) is 1. The Morgan fingerprint density at radius 3 is 2.33 bits per heavy atom. The summed E-state index contributed by atoms with van der Waals surface area (Å²) in [6, 6.07) is 16.4. The Morgan fingerprint density at radius 2 is 1.67 bits per heavy atom. The van der Waals surface area contributed by atoms with Gasteiger partial charge in [0.15, 0.2) is 0 Å². The topological polar surface area (TPSA) is 32.5 Å². The average molecular weight is 302 g/mol. The summed E-state index contributed by atoms with van der Waals surface area (Å²) in [4.78, 5) is 4.88. The Balaban J connectivity index is 1.58. The van der Waals surface area contributed by atoms with Gasteiger partial charge in [0.05, 0.1) is 0 Å². The number of hydrogen-bond donors (Lipinski definition) is 1. The number of hydrogen-bond acceptors (Lipinski definition) is 3. The maximum absolute atomic E-state index is 6.06. The van der Waals surface area contributed by atoms with Gasteiger partial charge in [-0.1, -0.05) is 29.8 Å². The van der Waals surface area contributed by atoms with E-state index in [1.54, 1.807) is 6.07 Å². The molecule has 1 fully saturated rings. The molecule has 1 aliphatic rings. The van der Waals surface area contributed by atoms with Crippen LogP contribution in [0.1, 0.15) is 5.56 Å². The van der Waals surface area contributed by atoms with Crippen LogP contribution in [0.3, 0.4) is 0 Å². The summed E-state index contributed by atoms with van der Waals surface area (Å²) in [5.74, 6) is 0. The number of rotatable bonds is 3. The van der Waals surface area contributed by atoms with Gasteiger partial charge in [-0.15, -0.1) is 0 Å². The van der Waals surface area contributed by atoms with Gasteiger partial charge in [-0.25, -0.2) is 0 Å². The van der Waals surface area contributed by atoms with Crippen LogP contribution in [0.2, 0.25) is 5.02 Å². The van der Waals surface area contributed by atoms with Gasteiger partial charge in [-0.2, -0.15) is 0 Å². The van der Waals surface area contributed by atoms with E-state index in [0.29, 0.717) is 5.02 Å². The lowest BCUT2D eigenvalue weighted by atomic mass is 10.1. The normalized spacial score (nSPS) is 16.1. The van der Waals surface area contributed by atoms with E-state index in [-0.39, 0.29) is 0 Å². The van der Waals surface area contributed by atoms with Crippen molar-refractivity contribution >= 4 is 23.0 Å². The minimum Gasteiger partial charge on any atom is -0.399 e. The molecule has 4 heteroatoms. The first-order valence-corrected chi connectivity index (χ1v) is 7.66. The fraction of sp³-hybridized carbons (Fsp3) is 0.294. The summed E-state index contributed by atoms with van der Waals surface area (Å²) in [5, 5.41) is 0.716. The highest BCUT2D eigenvalue weighted by Gasteiger charge is 2.17. The Morgan fingerprint density at radius 1 is 0.952 bits per heavy atom. The van der Waals surface area contributed by atoms with Gasteiger partial charge in [0, 0.05) is 49.1 Å². The molecule has 0 radical (unpaired) electrons. The molecule has 0 saturated carbocycles. The minimum atomic E-state index is 0.716. The van der Waals surface area contributed by atoms with Crippen LogP contribution in [-0.2, 0) is 6.54 Å². The highest BCUT2D eigenvalue weighted by Crippen LogP contribution is 2.20. The molecule has 0 atom stereocenters. The Bertz CT molecular complexity index is 572. The average Bonchev–Trinajstić information content (AvgIpc) is 2.48. The van der Waals surface area contributed by atoms with Gasteiger partial charge in [0.2, 0.25) is 0 Å². The molecule has 0 unspecified atom stereocenters. The van der Waals surface area contributed by atoms with E-state index in [9.17, 15) is 0 Å². The van der Waals surface area contributed by atoms with Crippen LogP contribution in [0.15, 0.2) is 48.5 Å². The molecule has 1 heterocycles. The third kappa shape index (κ3) is 3.69. The van der Waals surface area contributed by atoms with Crippen LogP contribution < -0.4 is 10.6 Å². The van der Waals surface area contributed by atoms with Crippen LogP contribution in [0.25, 0.3) is 0 Å². The maximum Gasteiger partial charge on any atom is 0.0429 e. The van der Waals surface area contributed by atoms with Crippen molar-refractivity contribution < 1.29 is 0 Å². The SMILES string of the molecule is Nc1cc(Cl)cc(CN2CCN(c3ccccc3)CC2)c1. The largest absolute Gasteiger partial charge is 0.399 e. The lowest BCUT2D eigenvalue weighted by Gasteiger charge is -2.36.